The van der Waals surface area contributed by atoms with E-state index in [4.69, 9.17) is 5.11 Å². The molecule has 1 aliphatic heterocycles. The van der Waals surface area contributed by atoms with Crippen LogP contribution < -0.4 is 5.56 Å². The van der Waals surface area contributed by atoms with Crippen LogP contribution in [0.25, 0.3) is 0 Å². The molecule has 1 N–H and O–H groups in total. The Hall–Kier alpha value is -1.62. The van der Waals surface area contributed by atoms with Crippen LogP contribution in [0, 0.1) is 0 Å². The van der Waals surface area contributed by atoms with E-state index in [1.165, 1.54) is 17.1 Å². The Morgan fingerprint density at radius 2 is 2.12 bits per heavy atom. The predicted octanol–water partition coefficient (Wildman–Crippen LogP) is 0.252. The van der Waals surface area contributed by atoms with E-state index in [0.29, 0.717) is 6.54 Å². The topological polar surface area (TPSA) is 62.5 Å². The van der Waals surface area contributed by atoms with Gasteiger partial charge in [0.25, 0.3) is 5.56 Å². The molecule has 1 aromatic heterocycles. The third-order valence-electron chi connectivity index (χ3n) is 2.86. The quantitative estimate of drug-likeness (QED) is 0.793. The van der Waals surface area contributed by atoms with Crippen molar-refractivity contribution in [2.45, 2.75) is 13.0 Å². The lowest BCUT2D eigenvalue weighted by molar-refractivity contribution is 0.0694. The van der Waals surface area contributed by atoms with E-state index in [2.05, 4.69) is 4.90 Å². The molecule has 0 amide bonds. The highest BCUT2D eigenvalue weighted by atomic mass is 16.4. The molecule has 16 heavy (non-hydrogen) atoms. The summed E-state index contributed by atoms with van der Waals surface area (Å²) < 4.78 is 1.46. The number of hydrogen-bond acceptors (Lipinski definition) is 3. The maximum atomic E-state index is 11.7. The van der Waals surface area contributed by atoms with Gasteiger partial charge in [-0.1, -0.05) is 0 Å². The van der Waals surface area contributed by atoms with Crippen LogP contribution in [-0.2, 0) is 6.54 Å². The van der Waals surface area contributed by atoms with Gasteiger partial charge in [-0.25, -0.2) is 4.79 Å². The van der Waals surface area contributed by atoms with Gasteiger partial charge in [0, 0.05) is 19.3 Å². The van der Waals surface area contributed by atoms with Gasteiger partial charge in [0.1, 0.15) is 5.56 Å². The van der Waals surface area contributed by atoms with Gasteiger partial charge in [0.05, 0.1) is 0 Å². The molecule has 5 nitrogen and oxygen atoms in total. The van der Waals surface area contributed by atoms with Gasteiger partial charge in [-0.15, -0.1) is 0 Å². The fourth-order valence-corrected chi connectivity index (χ4v) is 1.73. The van der Waals surface area contributed by atoms with Crippen molar-refractivity contribution in [2.24, 2.45) is 0 Å². The zero-order chi connectivity index (χ0) is 11.5. The van der Waals surface area contributed by atoms with Crippen LogP contribution in [0.5, 0.6) is 0 Å². The number of aromatic carboxylic acids is 1. The summed E-state index contributed by atoms with van der Waals surface area (Å²) in [5, 5.41) is 8.80. The van der Waals surface area contributed by atoms with E-state index in [1.807, 2.05) is 0 Å². The maximum absolute atomic E-state index is 11.7. The Kier molecular flexibility index (Phi) is 3.05. The van der Waals surface area contributed by atoms with Gasteiger partial charge < -0.3 is 14.6 Å². The smallest absolute Gasteiger partial charge is 0.341 e. The SMILES string of the molecule is O=C(O)c1cccn(CCN2CCC2)c1=O. The monoisotopic (exact) mass is 222 g/mol. The van der Waals surface area contributed by atoms with Crippen molar-refractivity contribution >= 4 is 5.97 Å². The minimum absolute atomic E-state index is 0.161. The highest BCUT2D eigenvalue weighted by Crippen LogP contribution is 2.04. The Labute approximate surface area is 92.9 Å². The number of nitrogens with zero attached hydrogens (tertiary/aromatic N) is 2. The molecule has 0 aromatic carbocycles. The van der Waals surface area contributed by atoms with Gasteiger partial charge in [0.2, 0.25) is 0 Å². The van der Waals surface area contributed by atoms with Crippen LogP contribution >= 0.6 is 0 Å². The standard InChI is InChI=1S/C11H14N2O3/c14-10-9(11(15)16)3-1-6-13(10)8-7-12-4-2-5-12/h1,3,6H,2,4-5,7-8H2,(H,15,16). The average Bonchev–Trinajstić information content (AvgIpc) is 2.17. The second-order valence-electron chi connectivity index (χ2n) is 3.92. The first-order valence-electron chi connectivity index (χ1n) is 5.33. The first-order valence-corrected chi connectivity index (χ1v) is 5.33. The first kappa shape index (κ1) is 10.9. The summed E-state index contributed by atoms with van der Waals surface area (Å²) in [6, 6.07) is 2.94. The summed E-state index contributed by atoms with van der Waals surface area (Å²) in [5.74, 6) is -1.16. The van der Waals surface area contributed by atoms with Crippen molar-refractivity contribution in [3.05, 3.63) is 34.2 Å². The highest BCUT2D eigenvalue weighted by Gasteiger charge is 2.14. The molecular weight excluding hydrogens is 208 g/mol. The molecular formula is C11H14N2O3. The largest absolute Gasteiger partial charge is 0.477 e. The van der Waals surface area contributed by atoms with Crippen LogP contribution in [-0.4, -0.2) is 40.2 Å². The van der Waals surface area contributed by atoms with Gasteiger partial charge in [-0.2, -0.15) is 0 Å². The molecule has 0 bridgehead atoms. The van der Waals surface area contributed by atoms with Crippen molar-refractivity contribution in [2.75, 3.05) is 19.6 Å². The van der Waals surface area contributed by atoms with E-state index >= 15 is 0 Å². The number of carboxylic acid groups (broad SMARTS) is 1. The summed E-state index contributed by atoms with van der Waals surface area (Å²) in [6.45, 7) is 3.52. The van der Waals surface area contributed by atoms with Crippen molar-refractivity contribution in [1.82, 2.24) is 9.47 Å². The molecule has 0 saturated carbocycles. The number of likely N-dealkylation sites (tertiary alicyclic amines) is 1. The Morgan fingerprint density at radius 1 is 1.38 bits per heavy atom. The molecule has 86 valence electrons. The maximum Gasteiger partial charge on any atom is 0.341 e. The summed E-state index contributed by atoms with van der Waals surface area (Å²) in [7, 11) is 0. The minimum Gasteiger partial charge on any atom is -0.477 e. The van der Waals surface area contributed by atoms with E-state index in [0.717, 1.165) is 19.6 Å². The molecule has 0 radical (unpaired) electrons. The highest BCUT2D eigenvalue weighted by molar-refractivity contribution is 5.86. The first-order chi connectivity index (χ1) is 7.68. The van der Waals surface area contributed by atoms with Gasteiger partial charge >= 0.3 is 5.97 Å². The van der Waals surface area contributed by atoms with Crippen LogP contribution in [0.15, 0.2) is 23.1 Å². The Morgan fingerprint density at radius 3 is 2.69 bits per heavy atom. The summed E-state index contributed by atoms with van der Waals surface area (Å²) in [5.41, 5.74) is -0.582. The lowest BCUT2D eigenvalue weighted by Gasteiger charge is -2.30. The number of carboxylic acids is 1. The van der Waals surface area contributed by atoms with E-state index < -0.39 is 11.5 Å². The van der Waals surface area contributed by atoms with Crippen molar-refractivity contribution in [1.29, 1.82) is 0 Å². The van der Waals surface area contributed by atoms with E-state index in [1.54, 1.807) is 12.3 Å². The van der Waals surface area contributed by atoms with Gasteiger partial charge in [-0.3, -0.25) is 4.79 Å². The third kappa shape index (κ3) is 2.14. The normalized spacial score (nSPS) is 15.8. The molecule has 0 aliphatic carbocycles. The molecule has 0 spiro atoms. The fraction of sp³-hybridized carbons (Fsp3) is 0.455. The van der Waals surface area contributed by atoms with Crippen molar-refractivity contribution < 1.29 is 9.90 Å². The van der Waals surface area contributed by atoms with E-state index in [9.17, 15) is 9.59 Å². The molecule has 0 unspecified atom stereocenters. The minimum atomic E-state index is -1.16. The predicted molar refractivity (Wildman–Crippen MR) is 58.7 cm³/mol. The average molecular weight is 222 g/mol. The molecule has 2 rings (SSSR count). The molecule has 1 saturated heterocycles. The van der Waals surface area contributed by atoms with Crippen LogP contribution in [0.3, 0.4) is 0 Å². The molecule has 1 fully saturated rings. The number of aromatic nitrogens is 1. The molecule has 2 heterocycles. The number of hydrogen-bond donors (Lipinski definition) is 1. The van der Waals surface area contributed by atoms with Gasteiger partial charge in [0.15, 0.2) is 0 Å². The van der Waals surface area contributed by atoms with Crippen LogP contribution in [0.2, 0.25) is 0 Å². The number of rotatable bonds is 4. The summed E-state index contributed by atoms with van der Waals surface area (Å²) in [6.07, 6.45) is 2.85. The zero-order valence-electron chi connectivity index (χ0n) is 8.93. The second-order valence-corrected chi connectivity index (χ2v) is 3.92. The fourth-order valence-electron chi connectivity index (χ4n) is 1.73. The Balaban J connectivity index is 2.11. The lowest BCUT2D eigenvalue weighted by Crippen LogP contribution is -2.40. The van der Waals surface area contributed by atoms with Crippen LogP contribution in [0.1, 0.15) is 16.8 Å². The zero-order valence-corrected chi connectivity index (χ0v) is 8.93. The number of pyridine rings is 1. The van der Waals surface area contributed by atoms with Crippen molar-refractivity contribution in [3.63, 3.8) is 0 Å². The third-order valence-corrected chi connectivity index (χ3v) is 2.86. The molecule has 0 atom stereocenters. The molecule has 1 aliphatic rings. The lowest BCUT2D eigenvalue weighted by atomic mass is 10.2. The second kappa shape index (κ2) is 4.49. The summed E-state index contributed by atoms with van der Waals surface area (Å²) in [4.78, 5) is 24.7. The number of carbonyl (C=O) groups is 1. The molecule has 5 heteroatoms. The van der Waals surface area contributed by atoms with E-state index in [-0.39, 0.29) is 5.56 Å². The Bertz CT molecular complexity index is 449. The van der Waals surface area contributed by atoms with Crippen molar-refractivity contribution in [3.8, 4) is 0 Å². The molecule has 1 aromatic rings. The summed E-state index contributed by atoms with van der Waals surface area (Å²) >= 11 is 0. The van der Waals surface area contributed by atoms with Crippen LogP contribution in [0.4, 0.5) is 0 Å². The van der Waals surface area contributed by atoms with Gasteiger partial charge in [-0.05, 0) is 31.6 Å².